The lowest BCUT2D eigenvalue weighted by Gasteiger charge is -2.20. The molecule has 0 saturated heterocycles. The standard InChI is InChI=1S/C14H21N3O2/c1-3-19-14(18)11-13(15)17(8(2)16-11)12(9-4-5-9)10-6-7-10/h9-10,12H,3-7,15H2,1-2H3. The molecule has 0 spiro atoms. The first kappa shape index (κ1) is 12.5. The van der Waals surface area contributed by atoms with E-state index < -0.39 is 5.97 Å². The number of ether oxygens (including phenoxy) is 1. The van der Waals surface area contributed by atoms with E-state index in [4.69, 9.17) is 10.5 Å². The molecule has 5 nitrogen and oxygen atoms in total. The maximum atomic E-state index is 11.8. The predicted molar refractivity (Wildman–Crippen MR) is 71.8 cm³/mol. The number of anilines is 1. The molecule has 0 amide bonds. The summed E-state index contributed by atoms with van der Waals surface area (Å²) in [7, 11) is 0. The third kappa shape index (κ3) is 2.22. The van der Waals surface area contributed by atoms with Crippen LogP contribution in [0.3, 0.4) is 0 Å². The molecule has 0 radical (unpaired) electrons. The first-order valence-electron chi connectivity index (χ1n) is 7.14. The number of imidazole rings is 1. The minimum absolute atomic E-state index is 0.283. The minimum Gasteiger partial charge on any atom is -0.461 e. The van der Waals surface area contributed by atoms with Crippen molar-refractivity contribution in [1.82, 2.24) is 9.55 Å². The van der Waals surface area contributed by atoms with Crippen molar-refractivity contribution in [3.63, 3.8) is 0 Å². The van der Waals surface area contributed by atoms with Crippen LogP contribution >= 0.6 is 0 Å². The Balaban J connectivity index is 1.94. The number of nitrogen functional groups attached to an aromatic ring is 1. The average molecular weight is 263 g/mol. The Morgan fingerprint density at radius 2 is 2.00 bits per heavy atom. The van der Waals surface area contributed by atoms with E-state index in [9.17, 15) is 4.79 Å². The zero-order chi connectivity index (χ0) is 13.6. The van der Waals surface area contributed by atoms with Crippen LogP contribution in [0.2, 0.25) is 0 Å². The Kier molecular flexibility index (Phi) is 2.99. The molecule has 0 unspecified atom stereocenters. The van der Waals surface area contributed by atoms with E-state index in [2.05, 4.69) is 9.55 Å². The van der Waals surface area contributed by atoms with Crippen LogP contribution in [-0.2, 0) is 4.74 Å². The summed E-state index contributed by atoms with van der Waals surface area (Å²) < 4.78 is 7.10. The smallest absolute Gasteiger partial charge is 0.360 e. The molecular formula is C14H21N3O2. The highest BCUT2D eigenvalue weighted by molar-refractivity contribution is 5.92. The maximum absolute atomic E-state index is 11.8. The third-order valence-corrected chi connectivity index (χ3v) is 4.10. The van der Waals surface area contributed by atoms with Crippen LogP contribution in [0, 0.1) is 18.8 Å². The maximum Gasteiger partial charge on any atom is 0.360 e. The zero-order valence-electron chi connectivity index (χ0n) is 11.6. The zero-order valence-corrected chi connectivity index (χ0v) is 11.6. The van der Waals surface area contributed by atoms with Crippen molar-refractivity contribution in [3.8, 4) is 0 Å². The summed E-state index contributed by atoms with van der Waals surface area (Å²) in [4.78, 5) is 16.2. The highest BCUT2D eigenvalue weighted by atomic mass is 16.5. The van der Waals surface area contributed by atoms with Crippen molar-refractivity contribution in [2.45, 2.75) is 45.6 Å². The molecule has 19 heavy (non-hydrogen) atoms. The van der Waals surface area contributed by atoms with E-state index >= 15 is 0 Å². The van der Waals surface area contributed by atoms with Gasteiger partial charge in [0.2, 0.25) is 0 Å². The molecule has 2 aliphatic carbocycles. The van der Waals surface area contributed by atoms with Gasteiger partial charge in [-0.2, -0.15) is 0 Å². The molecule has 0 aromatic carbocycles. The predicted octanol–water partition coefficient (Wildman–Crippen LogP) is 2.31. The van der Waals surface area contributed by atoms with Crippen LogP contribution in [0.4, 0.5) is 5.82 Å². The lowest BCUT2D eigenvalue weighted by Crippen LogP contribution is -2.18. The van der Waals surface area contributed by atoms with E-state index in [1.54, 1.807) is 6.92 Å². The van der Waals surface area contributed by atoms with E-state index in [0.717, 1.165) is 17.7 Å². The van der Waals surface area contributed by atoms with Crippen molar-refractivity contribution in [1.29, 1.82) is 0 Å². The molecule has 1 aromatic rings. The Morgan fingerprint density at radius 1 is 1.42 bits per heavy atom. The fourth-order valence-electron chi connectivity index (χ4n) is 2.97. The lowest BCUT2D eigenvalue weighted by molar-refractivity contribution is 0.0521. The van der Waals surface area contributed by atoms with Crippen LogP contribution in [0.25, 0.3) is 0 Å². The van der Waals surface area contributed by atoms with E-state index in [1.807, 2.05) is 6.92 Å². The van der Waals surface area contributed by atoms with Crippen molar-refractivity contribution < 1.29 is 9.53 Å². The van der Waals surface area contributed by atoms with Gasteiger partial charge in [0.25, 0.3) is 0 Å². The minimum atomic E-state index is -0.410. The van der Waals surface area contributed by atoms with Gasteiger partial charge in [0.1, 0.15) is 11.6 Å². The highest BCUT2D eigenvalue weighted by Gasteiger charge is 2.44. The van der Waals surface area contributed by atoms with Crippen molar-refractivity contribution in [3.05, 3.63) is 11.5 Å². The monoisotopic (exact) mass is 263 g/mol. The molecule has 1 heterocycles. The highest BCUT2D eigenvalue weighted by Crippen LogP contribution is 2.53. The van der Waals surface area contributed by atoms with Gasteiger partial charge in [0.15, 0.2) is 5.69 Å². The second kappa shape index (κ2) is 4.54. The van der Waals surface area contributed by atoms with Gasteiger partial charge in [-0.25, -0.2) is 9.78 Å². The first-order valence-corrected chi connectivity index (χ1v) is 7.14. The summed E-state index contributed by atoms with van der Waals surface area (Å²) in [5, 5.41) is 0. The summed E-state index contributed by atoms with van der Waals surface area (Å²) in [5.41, 5.74) is 6.45. The molecule has 2 N–H and O–H groups in total. The number of aryl methyl sites for hydroxylation is 1. The normalized spacial score (nSPS) is 18.9. The summed E-state index contributed by atoms with van der Waals surface area (Å²) in [5.74, 6) is 2.35. The summed E-state index contributed by atoms with van der Waals surface area (Å²) in [6.07, 6.45) is 5.08. The van der Waals surface area contributed by atoms with E-state index in [1.165, 1.54) is 25.7 Å². The van der Waals surface area contributed by atoms with Gasteiger partial charge in [-0.15, -0.1) is 0 Å². The molecule has 3 rings (SSSR count). The Hall–Kier alpha value is -1.52. The molecule has 2 saturated carbocycles. The quantitative estimate of drug-likeness (QED) is 0.828. The number of rotatable bonds is 5. The molecule has 104 valence electrons. The molecule has 0 bridgehead atoms. The van der Waals surface area contributed by atoms with Gasteiger partial charge in [0.05, 0.1) is 6.61 Å². The van der Waals surface area contributed by atoms with Crippen LogP contribution in [-0.4, -0.2) is 22.1 Å². The molecule has 2 aliphatic rings. The molecular weight excluding hydrogens is 242 g/mol. The second-order valence-corrected chi connectivity index (χ2v) is 5.65. The number of hydrogen-bond donors (Lipinski definition) is 1. The van der Waals surface area contributed by atoms with E-state index in [0.29, 0.717) is 18.5 Å². The van der Waals surface area contributed by atoms with Crippen LogP contribution < -0.4 is 5.73 Å². The van der Waals surface area contributed by atoms with Crippen molar-refractivity contribution >= 4 is 11.8 Å². The molecule has 0 aliphatic heterocycles. The fourth-order valence-corrected chi connectivity index (χ4v) is 2.97. The Labute approximate surface area is 113 Å². The van der Waals surface area contributed by atoms with Gasteiger partial charge in [-0.05, 0) is 51.4 Å². The summed E-state index contributed by atoms with van der Waals surface area (Å²) >= 11 is 0. The average Bonchev–Trinajstić information content (AvgIpc) is 3.25. The van der Waals surface area contributed by atoms with Gasteiger partial charge >= 0.3 is 5.97 Å². The van der Waals surface area contributed by atoms with E-state index in [-0.39, 0.29) is 5.69 Å². The summed E-state index contributed by atoms with van der Waals surface area (Å²) in [6.45, 7) is 4.06. The second-order valence-electron chi connectivity index (χ2n) is 5.65. The van der Waals surface area contributed by atoms with Gasteiger partial charge < -0.3 is 15.0 Å². The van der Waals surface area contributed by atoms with Crippen molar-refractivity contribution in [2.75, 3.05) is 12.3 Å². The fraction of sp³-hybridized carbons (Fsp3) is 0.714. The lowest BCUT2D eigenvalue weighted by atomic mass is 10.1. The topological polar surface area (TPSA) is 70.1 Å². The number of nitrogens with two attached hydrogens (primary N) is 1. The molecule has 2 fully saturated rings. The SMILES string of the molecule is CCOC(=O)c1nc(C)n(C(C2CC2)C2CC2)c1N. The van der Waals surface area contributed by atoms with Crippen molar-refractivity contribution in [2.24, 2.45) is 11.8 Å². The molecule has 1 aromatic heterocycles. The van der Waals surface area contributed by atoms with Crippen LogP contribution in [0.5, 0.6) is 0 Å². The van der Waals surface area contributed by atoms with Crippen LogP contribution in [0.1, 0.15) is 55.0 Å². The molecule has 5 heteroatoms. The number of hydrogen-bond acceptors (Lipinski definition) is 4. The number of aromatic nitrogens is 2. The number of esters is 1. The summed E-state index contributed by atoms with van der Waals surface area (Å²) in [6, 6.07) is 0.440. The number of carbonyl (C=O) groups is 1. The Bertz CT molecular complexity index is 489. The number of nitrogens with zero attached hydrogens (tertiary/aromatic N) is 2. The Morgan fingerprint density at radius 3 is 2.47 bits per heavy atom. The van der Waals surface area contributed by atoms with Gasteiger partial charge in [0, 0.05) is 6.04 Å². The van der Waals surface area contributed by atoms with Gasteiger partial charge in [-0.1, -0.05) is 0 Å². The third-order valence-electron chi connectivity index (χ3n) is 4.10. The molecule has 0 atom stereocenters. The number of carbonyl (C=O) groups excluding carboxylic acids is 1. The van der Waals surface area contributed by atoms with Gasteiger partial charge in [-0.3, -0.25) is 0 Å². The largest absolute Gasteiger partial charge is 0.461 e. The van der Waals surface area contributed by atoms with Crippen LogP contribution in [0.15, 0.2) is 0 Å². The first-order chi connectivity index (χ1) is 9.13.